The third-order valence-corrected chi connectivity index (χ3v) is 2.78. The molecule has 14 heavy (non-hydrogen) atoms. The summed E-state index contributed by atoms with van der Waals surface area (Å²) in [6, 6.07) is 13.5. The quantitative estimate of drug-likeness (QED) is 0.454. The highest BCUT2D eigenvalue weighted by atomic mass is 32.1. The lowest BCUT2D eigenvalue weighted by Crippen LogP contribution is -1.99. The summed E-state index contributed by atoms with van der Waals surface area (Å²) in [7, 11) is 0. The van der Waals surface area contributed by atoms with Crippen molar-refractivity contribution in [2.24, 2.45) is 5.16 Å². The van der Waals surface area contributed by atoms with Gasteiger partial charge in [0.05, 0.1) is 4.88 Å². The maximum absolute atomic E-state index is 8.95. The third kappa shape index (κ3) is 1.67. The molecule has 0 spiro atoms. The molecule has 70 valence electrons. The largest absolute Gasteiger partial charge is 0.410 e. The van der Waals surface area contributed by atoms with Crippen LogP contribution in [0.2, 0.25) is 0 Å². The number of rotatable bonds is 2. The Morgan fingerprint density at radius 1 is 1.07 bits per heavy atom. The molecule has 0 saturated heterocycles. The summed E-state index contributed by atoms with van der Waals surface area (Å²) < 4.78 is 0. The van der Waals surface area contributed by atoms with Crippen LogP contribution >= 0.6 is 11.3 Å². The predicted octanol–water partition coefficient (Wildman–Crippen LogP) is 2.97. The van der Waals surface area contributed by atoms with Crippen molar-refractivity contribution < 1.29 is 5.21 Å². The Morgan fingerprint density at radius 3 is 2.43 bits per heavy atom. The maximum atomic E-state index is 8.95. The SMILES string of the molecule is O/N=C(/c1ccccc1)c1cccs1. The number of oxime groups is 1. The van der Waals surface area contributed by atoms with Crippen molar-refractivity contribution in [1.29, 1.82) is 0 Å². The van der Waals surface area contributed by atoms with Crippen molar-refractivity contribution in [2.45, 2.75) is 0 Å². The molecule has 0 aliphatic carbocycles. The van der Waals surface area contributed by atoms with Crippen LogP contribution in [0, 0.1) is 0 Å². The molecule has 0 fully saturated rings. The Labute approximate surface area is 86.1 Å². The molecule has 1 aromatic heterocycles. The van der Waals surface area contributed by atoms with Gasteiger partial charge in [-0.2, -0.15) is 0 Å². The Hall–Kier alpha value is -1.61. The van der Waals surface area contributed by atoms with Crippen molar-refractivity contribution in [3.05, 3.63) is 58.3 Å². The fourth-order valence-corrected chi connectivity index (χ4v) is 1.99. The molecule has 0 atom stereocenters. The molecule has 0 unspecified atom stereocenters. The van der Waals surface area contributed by atoms with Crippen LogP contribution < -0.4 is 0 Å². The van der Waals surface area contributed by atoms with Gasteiger partial charge in [0.15, 0.2) is 0 Å². The van der Waals surface area contributed by atoms with Gasteiger partial charge in [0, 0.05) is 5.56 Å². The molecule has 3 heteroatoms. The Morgan fingerprint density at radius 2 is 1.86 bits per heavy atom. The molecule has 0 amide bonds. The zero-order valence-corrected chi connectivity index (χ0v) is 8.24. The van der Waals surface area contributed by atoms with E-state index in [0.29, 0.717) is 5.71 Å². The lowest BCUT2D eigenvalue weighted by molar-refractivity contribution is 0.320. The minimum absolute atomic E-state index is 0.626. The van der Waals surface area contributed by atoms with Crippen LogP contribution in [0.1, 0.15) is 10.4 Å². The summed E-state index contributed by atoms with van der Waals surface area (Å²) in [4.78, 5) is 0.971. The average Bonchev–Trinajstić information content (AvgIpc) is 2.74. The van der Waals surface area contributed by atoms with Crippen molar-refractivity contribution in [3.63, 3.8) is 0 Å². The van der Waals surface area contributed by atoms with E-state index in [4.69, 9.17) is 5.21 Å². The Kier molecular flexibility index (Phi) is 2.60. The Balaban J connectivity index is 2.43. The van der Waals surface area contributed by atoms with E-state index in [1.165, 1.54) is 0 Å². The molecule has 0 saturated carbocycles. The number of thiophene rings is 1. The van der Waals surface area contributed by atoms with Crippen LogP contribution in [0.5, 0.6) is 0 Å². The van der Waals surface area contributed by atoms with Gasteiger partial charge in [-0.25, -0.2) is 0 Å². The van der Waals surface area contributed by atoms with E-state index in [1.54, 1.807) is 11.3 Å². The van der Waals surface area contributed by atoms with Crippen molar-refractivity contribution in [1.82, 2.24) is 0 Å². The first kappa shape index (κ1) is 8.97. The topological polar surface area (TPSA) is 32.6 Å². The average molecular weight is 203 g/mol. The zero-order chi connectivity index (χ0) is 9.80. The van der Waals surface area contributed by atoms with Crippen LogP contribution in [0.15, 0.2) is 53.0 Å². The monoisotopic (exact) mass is 203 g/mol. The number of hydrogen-bond acceptors (Lipinski definition) is 3. The van der Waals surface area contributed by atoms with Gasteiger partial charge in [-0.05, 0) is 11.4 Å². The summed E-state index contributed by atoms with van der Waals surface area (Å²) in [5.74, 6) is 0. The molecule has 2 rings (SSSR count). The lowest BCUT2D eigenvalue weighted by atomic mass is 10.1. The lowest BCUT2D eigenvalue weighted by Gasteiger charge is -2.00. The fraction of sp³-hybridized carbons (Fsp3) is 0. The highest BCUT2D eigenvalue weighted by Gasteiger charge is 2.07. The van der Waals surface area contributed by atoms with Crippen LogP contribution in [-0.2, 0) is 0 Å². The minimum atomic E-state index is 0.626. The van der Waals surface area contributed by atoms with Gasteiger partial charge in [0.25, 0.3) is 0 Å². The van der Waals surface area contributed by atoms with Crippen LogP contribution in [0.25, 0.3) is 0 Å². The fourth-order valence-electron chi connectivity index (χ4n) is 1.26. The molecule has 1 N–H and O–H groups in total. The molecule has 0 aliphatic rings. The molecular weight excluding hydrogens is 194 g/mol. The normalized spacial score (nSPS) is 11.6. The summed E-state index contributed by atoms with van der Waals surface area (Å²) >= 11 is 1.56. The van der Waals surface area contributed by atoms with Crippen molar-refractivity contribution >= 4 is 17.0 Å². The molecule has 1 heterocycles. The first-order valence-electron chi connectivity index (χ1n) is 4.23. The Bertz CT molecular complexity index is 420. The highest BCUT2D eigenvalue weighted by molar-refractivity contribution is 7.12. The van der Waals surface area contributed by atoms with Gasteiger partial charge in [-0.3, -0.25) is 0 Å². The maximum Gasteiger partial charge on any atom is 0.127 e. The number of benzene rings is 1. The zero-order valence-electron chi connectivity index (χ0n) is 7.42. The van der Waals surface area contributed by atoms with E-state index in [0.717, 1.165) is 10.4 Å². The highest BCUT2D eigenvalue weighted by Crippen LogP contribution is 2.15. The predicted molar refractivity (Wildman–Crippen MR) is 58.2 cm³/mol. The van der Waals surface area contributed by atoms with Gasteiger partial charge in [-0.1, -0.05) is 41.6 Å². The molecule has 0 bridgehead atoms. The van der Waals surface area contributed by atoms with E-state index < -0.39 is 0 Å². The second-order valence-corrected chi connectivity index (χ2v) is 3.74. The first-order chi connectivity index (χ1) is 6.92. The van der Waals surface area contributed by atoms with Gasteiger partial charge < -0.3 is 5.21 Å². The molecule has 0 radical (unpaired) electrons. The van der Waals surface area contributed by atoms with Gasteiger partial charge >= 0.3 is 0 Å². The molecule has 2 aromatic rings. The van der Waals surface area contributed by atoms with Crippen molar-refractivity contribution in [3.8, 4) is 0 Å². The van der Waals surface area contributed by atoms with E-state index in [9.17, 15) is 0 Å². The summed E-state index contributed by atoms with van der Waals surface area (Å²) in [6.07, 6.45) is 0. The number of nitrogens with zero attached hydrogens (tertiary/aromatic N) is 1. The van der Waals surface area contributed by atoms with E-state index in [1.807, 2.05) is 47.8 Å². The summed E-state index contributed by atoms with van der Waals surface area (Å²) in [5, 5.41) is 14.2. The number of hydrogen-bond donors (Lipinski definition) is 1. The minimum Gasteiger partial charge on any atom is -0.410 e. The first-order valence-corrected chi connectivity index (χ1v) is 5.11. The molecule has 1 aromatic carbocycles. The molecular formula is C11H9NOS. The standard InChI is InChI=1S/C11H9NOS/c13-12-11(10-7-4-8-14-10)9-5-2-1-3-6-9/h1-8,13H/b12-11-. The molecule has 2 nitrogen and oxygen atoms in total. The molecule has 0 aliphatic heterocycles. The van der Waals surface area contributed by atoms with Crippen molar-refractivity contribution in [2.75, 3.05) is 0 Å². The summed E-state index contributed by atoms with van der Waals surface area (Å²) in [5.41, 5.74) is 1.55. The van der Waals surface area contributed by atoms with Crippen LogP contribution in [0.3, 0.4) is 0 Å². The van der Waals surface area contributed by atoms with Gasteiger partial charge in [0.2, 0.25) is 0 Å². The van der Waals surface area contributed by atoms with Gasteiger partial charge in [0.1, 0.15) is 5.71 Å². The van der Waals surface area contributed by atoms with E-state index in [2.05, 4.69) is 5.16 Å². The van der Waals surface area contributed by atoms with Crippen LogP contribution in [-0.4, -0.2) is 10.9 Å². The third-order valence-electron chi connectivity index (χ3n) is 1.90. The summed E-state index contributed by atoms with van der Waals surface area (Å²) in [6.45, 7) is 0. The van der Waals surface area contributed by atoms with E-state index >= 15 is 0 Å². The van der Waals surface area contributed by atoms with E-state index in [-0.39, 0.29) is 0 Å². The van der Waals surface area contributed by atoms with Gasteiger partial charge in [-0.15, -0.1) is 11.3 Å². The smallest absolute Gasteiger partial charge is 0.127 e. The second-order valence-electron chi connectivity index (χ2n) is 2.79. The van der Waals surface area contributed by atoms with Crippen LogP contribution in [0.4, 0.5) is 0 Å². The second kappa shape index (κ2) is 4.07.